The van der Waals surface area contributed by atoms with Crippen LogP contribution < -0.4 is 5.32 Å². The third-order valence-corrected chi connectivity index (χ3v) is 1.32. The van der Waals surface area contributed by atoms with E-state index in [1.807, 2.05) is 0 Å². The molecule has 0 aromatic carbocycles. The number of carbonyl (C=O) groups is 1. The lowest BCUT2D eigenvalue weighted by molar-refractivity contribution is 0.201. The van der Waals surface area contributed by atoms with Crippen molar-refractivity contribution in [2.75, 3.05) is 19.5 Å². The van der Waals surface area contributed by atoms with Gasteiger partial charge in [-0.15, -0.1) is 16.5 Å². The van der Waals surface area contributed by atoms with Crippen LogP contribution in [0, 0.1) is 4.91 Å². The van der Waals surface area contributed by atoms with Crippen LogP contribution in [0.5, 0.6) is 0 Å². The van der Waals surface area contributed by atoms with E-state index in [1.54, 1.807) is 0 Å². The molecule has 2 amide bonds. The molecule has 0 aliphatic heterocycles. The van der Waals surface area contributed by atoms with E-state index < -0.39 is 6.03 Å². The number of urea groups is 1. The van der Waals surface area contributed by atoms with Gasteiger partial charge in [0.25, 0.3) is 0 Å². The van der Waals surface area contributed by atoms with Crippen LogP contribution in [0.2, 0.25) is 0 Å². The quantitative estimate of drug-likeness (QED) is 0.397. The van der Waals surface area contributed by atoms with E-state index in [1.165, 1.54) is 7.05 Å². The number of hydrogen-bond donors (Lipinski definition) is 1. The third kappa shape index (κ3) is 3.77. The first-order valence-corrected chi connectivity index (χ1v) is 3.68. The van der Waals surface area contributed by atoms with Gasteiger partial charge in [0, 0.05) is 12.9 Å². The van der Waals surface area contributed by atoms with Crippen molar-refractivity contribution in [3.63, 3.8) is 0 Å². The van der Waals surface area contributed by atoms with Crippen molar-refractivity contribution in [1.29, 1.82) is 0 Å². The SMILES string of the molecule is CNC(=O)N(CCCCl)N=O. The second kappa shape index (κ2) is 5.91. The van der Waals surface area contributed by atoms with E-state index in [0.717, 1.165) is 5.01 Å². The number of halogens is 1. The average molecular weight is 180 g/mol. The summed E-state index contributed by atoms with van der Waals surface area (Å²) in [4.78, 5) is 20.7. The maximum absolute atomic E-state index is 10.7. The molecule has 0 radical (unpaired) electrons. The van der Waals surface area contributed by atoms with Gasteiger partial charge in [-0.3, -0.25) is 0 Å². The maximum atomic E-state index is 10.7. The summed E-state index contributed by atoms with van der Waals surface area (Å²) in [6, 6.07) is -0.509. The average Bonchev–Trinajstić information content (AvgIpc) is 2.05. The molecule has 0 bridgehead atoms. The van der Waals surface area contributed by atoms with Crippen LogP contribution in [0.15, 0.2) is 5.29 Å². The lowest BCUT2D eigenvalue weighted by Crippen LogP contribution is -2.34. The Morgan fingerprint density at radius 2 is 2.36 bits per heavy atom. The van der Waals surface area contributed by atoms with Crippen molar-refractivity contribution < 1.29 is 4.79 Å². The molecule has 1 N–H and O–H groups in total. The van der Waals surface area contributed by atoms with Gasteiger partial charge >= 0.3 is 6.03 Å². The summed E-state index contributed by atoms with van der Waals surface area (Å²) in [6.07, 6.45) is 0.556. The zero-order valence-electron chi connectivity index (χ0n) is 6.21. The van der Waals surface area contributed by atoms with Crippen molar-refractivity contribution in [2.45, 2.75) is 6.42 Å². The summed E-state index contributed by atoms with van der Waals surface area (Å²) < 4.78 is 0. The van der Waals surface area contributed by atoms with E-state index in [9.17, 15) is 9.70 Å². The predicted molar refractivity (Wildman–Crippen MR) is 42.3 cm³/mol. The predicted octanol–water partition coefficient (Wildman–Crippen LogP) is 0.938. The zero-order chi connectivity index (χ0) is 8.69. The fourth-order valence-electron chi connectivity index (χ4n) is 0.518. The van der Waals surface area contributed by atoms with E-state index in [-0.39, 0.29) is 6.54 Å². The minimum atomic E-state index is -0.509. The van der Waals surface area contributed by atoms with Crippen molar-refractivity contribution in [3.05, 3.63) is 4.91 Å². The molecule has 0 saturated heterocycles. The van der Waals surface area contributed by atoms with Crippen LogP contribution in [-0.2, 0) is 0 Å². The highest BCUT2D eigenvalue weighted by Gasteiger charge is 2.09. The van der Waals surface area contributed by atoms with Gasteiger partial charge < -0.3 is 5.32 Å². The van der Waals surface area contributed by atoms with E-state index in [4.69, 9.17) is 11.6 Å². The minimum absolute atomic E-state index is 0.257. The number of hydrogen-bond acceptors (Lipinski definition) is 3. The Labute approximate surface area is 69.6 Å². The summed E-state index contributed by atoms with van der Waals surface area (Å²) in [6.45, 7) is 0.257. The molecular weight excluding hydrogens is 170 g/mol. The zero-order valence-corrected chi connectivity index (χ0v) is 6.97. The molecule has 5 nitrogen and oxygen atoms in total. The number of rotatable bonds is 4. The molecule has 11 heavy (non-hydrogen) atoms. The van der Waals surface area contributed by atoms with Crippen molar-refractivity contribution in [3.8, 4) is 0 Å². The molecule has 0 unspecified atom stereocenters. The summed E-state index contributed by atoms with van der Waals surface area (Å²) >= 11 is 5.35. The van der Waals surface area contributed by atoms with E-state index in [2.05, 4.69) is 10.6 Å². The van der Waals surface area contributed by atoms with Gasteiger partial charge in [0.1, 0.15) is 0 Å². The molecule has 0 fully saturated rings. The molecule has 6 heteroatoms. The summed E-state index contributed by atoms with van der Waals surface area (Å²) in [5.74, 6) is 0.406. The summed E-state index contributed by atoms with van der Waals surface area (Å²) in [5.41, 5.74) is 0. The smallest absolute Gasteiger partial charge is 0.339 e. The molecule has 0 aromatic heterocycles. The number of nitrogens with zero attached hydrogens (tertiary/aromatic N) is 2. The molecule has 0 rings (SSSR count). The van der Waals surface area contributed by atoms with Crippen LogP contribution in [0.1, 0.15) is 6.42 Å². The molecular formula is C5H10ClN3O2. The Kier molecular flexibility index (Phi) is 5.46. The molecule has 0 heterocycles. The second-order valence-corrected chi connectivity index (χ2v) is 2.18. The standard InChI is InChI=1S/C5H10ClN3O2/c1-7-5(10)9(8-11)4-2-3-6/h2-4H2,1H3,(H,7,10). The number of nitroso groups, excluding NO2 is 1. The molecule has 64 valence electrons. The summed E-state index contributed by atoms with van der Waals surface area (Å²) in [5, 5.41) is 5.58. The van der Waals surface area contributed by atoms with Gasteiger partial charge in [-0.25, -0.2) is 4.79 Å². The third-order valence-electron chi connectivity index (χ3n) is 1.05. The van der Waals surface area contributed by atoms with E-state index >= 15 is 0 Å². The lowest BCUT2D eigenvalue weighted by atomic mass is 10.5. The van der Waals surface area contributed by atoms with Crippen LogP contribution in [0.4, 0.5) is 4.79 Å². The van der Waals surface area contributed by atoms with Gasteiger partial charge in [0.15, 0.2) is 0 Å². The minimum Gasteiger partial charge on any atom is -0.339 e. The summed E-state index contributed by atoms with van der Waals surface area (Å²) in [7, 11) is 1.43. The van der Waals surface area contributed by atoms with Gasteiger partial charge in [0.2, 0.25) is 0 Å². The van der Waals surface area contributed by atoms with Crippen LogP contribution in [-0.4, -0.2) is 30.5 Å². The molecule has 0 aliphatic carbocycles. The Hall–Kier alpha value is -0.840. The first-order valence-electron chi connectivity index (χ1n) is 3.14. The Morgan fingerprint density at radius 3 is 2.73 bits per heavy atom. The lowest BCUT2D eigenvalue weighted by Gasteiger charge is -2.10. The van der Waals surface area contributed by atoms with Crippen LogP contribution in [0.25, 0.3) is 0 Å². The number of amides is 2. The van der Waals surface area contributed by atoms with Gasteiger partial charge in [-0.1, -0.05) is 0 Å². The number of nitrogens with one attached hydrogen (secondary N) is 1. The Balaban J connectivity index is 3.74. The molecule has 0 spiro atoms. The highest BCUT2D eigenvalue weighted by molar-refractivity contribution is 6.17. The van der Waals surface area contributed by atoms with Crippen molar-refractivity contribution >= 4 is 17.6 Å². The first-order chi connectivity index (χ1) is 5.26. The first kappa shape index (κ1) is 10.2. The highest BCUT2D eigenvalue weighted by Crippen LogP contribution is 1.94. The van der Waals surface area contributed by atoms with Gasteiger partial charge in [-0.05, 0) is 6.42 Å². The maximum Gasteiger partial charge on any atom is 0.340 e. The molecule has 0 aromatic rings. The fourth-order valence-corrected chi connectivity index (χ4v) is 0.638. The molecule has 0 atom stereocenters. The second-order valence-electron chi connectivity index (χ2n) is 1.80. The van der Waals surface area contributed by atoms with Gasteiger partial charge in [0.05, 0.1) is 11.8 Å². The van der Waals surface area contributed by atoms with Crippen molar-refractivity contribution in [1.82, 2.24) is 10.3 Å². The highest BCUT2D eigenvalue weighted by atomic mass is 35.5. The fraction of sp³-hybridized carbons (Fsp3) is 0.800. The van der Waals surface area contributed by atoms with Crippen molar-refractivity contribution in [2.24, 2.45) is 5.29 Å². The topological polar surface area (TPSA) is 61.8 Å². The number of carbonyl (C=O) groups excluding carboxylic acids is 1. The number of alkyl halides is 1. The van der Waals surface area contributed by atoms with Crippen LogP contribution >= 0.6 is 11.6 Å². The molecule has 0 saturated carbocycles. The normalized spacial score (nSPS) is 8.91. The Morgan fingerprint density at radius 1 is 1.73 bits per heavy atom. The van der Waals surface area contributed by atoms with Gasteiger partial charge in [-0.2, -0.15) is 5.01 Å². The van der Waals surface area contributed by atoms with Crippen LogP contribution in [0.3, 0.4) is 0 Å². The monoisotopic (exact) mass is 179 g/mol. The Bertz CT molecular complexity index is 142. The largest absolute Gasteiger partial charge is 0.340 e. The molecule has 0 aliphatic rings. The van der Waals surface area contributed by atoms with E-state index in [0.29, 0.717) is 12.3 Å².